The van der Waals surface area contributed by atoms with Crippen LogP contribution in [0.4, 0.5) is 5.82 Å². The van der Waals surface area contributed by atoms with Gasteiger partial charge in [-0.2, -0.15) is 0 Å². The molecule has 0 bridgehead atoms. The molecule has 1 N–H and O–H groups in total. The highest BCUT2D eigenvalue weighted by atomic mass is 16.5. The van der Waals surface area contributed by atoms with Crippen LogP contribution in [0, 0.1) is 0 Å². The van der Waals surface area contributed by atoms with Crippen molar-refractivity contribution in [3.63, 3.8) is 0 Å². The lowest BCUT2D eigenvalue weighted by Gasteiger charge is -2.12. The highest BCUT2D eigenvalue weighted by Gasteiger charge is 2.13. The van der Waals surface area contributed by atoms with E-state index in [0.29, 0.717) is 23.6 Å². The summed E-state index contributed by atoms with van der Waals surface area (Å²) in [6.45, 7) is 0.573. The predicted molar refractivity (Wildman–Crippen MR) is 83.2 cm³/mol. The van der Waals surface area contributed by atoms with Crippen LogP contribution in [-0.4, -0.2) is 33.7 Å². The van der Waals surface area contributed by atoms with Gasteiger partial charge in [0, 0.05) is 24.8 Å². The summed E-state index contributed by atoms with van der Waals surface area (Å²) in [4.78, 5) is 12.9. The van der Waals surface area contributed by atoms with E-state index in [-0.39, 0.29) is 0 Å². The van der Waals surface area contributed by atoms with Crippen LogP contribution in [0.25, 0.3) is 10.9 Å². The molecule has 7 heteroatoms. The lowest BCUT2D eigenvalue weighted by atomic mass is 10.2. The molecule has 3 rings (SSSR count). The van der Waals surface area contributed by atoms with E-state index < -0.39 is 0 Å². The maximum Gasteiger partial charge on any atom is 0.187 e. The smallest absolute Gasteiger partial charge is 0.187 e. The van der Waals surface area contributed by atoms with Crippen molar-refractivity contribution in [2.45, 2.75) is 6.54 Å². The number of nitrogens with one attached hydrogen (secondary N) is 1. The molecule has 3 aromatic rings. The Hall–Kier alpha value is -2.83. The third-order valence-electron chi connectivity index (χ3n) is 3.48. The van der Waals surface area contributed by atoms with Gasteiger partial charge >= 0.3 is 0 Å². The number of aromatic nitrogens is 4. The summed E-state index contributed by atoms with van der Waals surface area (Å²) in [6, 6.07) is 3.76. The molecule has 0 saturated carbocycles. The van der Waals surface area contributed by atoms with Crippen LogP contribution < -0.4 is 14.8 Å². The van der Waals surface area contributed by atoms with Crippen molar-refractivity contribution in [1.29, 1.82) is 0 Å². The van der Waals surface area contributed by atoms with Gasteiger partial charge in [0.2, 0.25) is 0 Å². The molecule has 0 aliphatic heterocycles. The lowest BCUT2D eigenvalue weighted by molar-refractivity contribution is 0.358. The van der Waals surface area contributed by atoms with Crippen LogP contribution in [0.15, 0.2) is 30.9 Å². The average Bonchev–Trinajstić information content (AvgIpc) is 2.96. The van der Waals surface area contributed by atoms with Gasteiger partial charge in [0.05, 0.1) is 20.8 Å². The molecule has 1 aromatic carbocycles. The van der Waals surface area contributed by atoms with Gasteiger partial charge in [0.15, 0.2) is 11.5 Å². The van der Waals surface area contributed by atoms with E-state index in [1.54, 1.807) is 20.4 Å². The van der Waals surface area contributed by atoms with Crippen molar-refractivity contribution >= 4 is 16.7 Å². The Morgan fingerprint density at radius 2 is 2.00 bits per heavy atom. The van der Waals surface area contributed by atoms with Crippen molar-refractivity contribution < 1.29 is 9.47 Å². The van der Waals surface area contributed by atoms with Gasteiger partial charge in [-0.05, 0) is 12.1 Å². The molecule has 0 fully saturated rings. The summed E-state index contributed by atoms with van der Waals surface area (Å²) in [5, 5.41) is 4.16. The van der Waals surface area contributed by atoms with Crippen molar-refractivity contribution in [3.05, 3.63) is 36.7 Å². The predicted octanol–water partition coefficient (Wildman–Crippen LogP) is 1.99. The maximum absolute atomic E-state index is 5.41. The third kappa shape index (κ3) is 2.41. The molecule has 114 valence electrons. The molecule has 0 unspecified atom stereocenters. The average molecular weight is 299 g/mol. The van der Waals surface area contributed by atoms with Gasteiger partial charge in [0.1, 0.15) is 23.5 Å². The highest BCUT2D eigenvalue weighted by molar-refractivity contribution is 5.94. The van der Waals surface area contributed by atoms with E-state index in [9.17, 15) is 0 Å². The lowest BCUT2D eigenvalue weighted by Crippen LogP contribution is -2.07. The minimum absolute atomic E-state index is 0.573. The largest absolute Gasteiger partial charge is 0.493 e. The van der Waals surface area contributed by atoms with Crippen LogP contribution >= 0.6 is 0 Å². The monoisotopic (exact) mass is 299 g/mol. The number of methoxy groups -OCH3 is 2. The van der Waals surface area contributed by atoms with Gasteiger partial charge in [0.25, 0.3) is 0 Å². The molecular formula is C15H17N5O2. The second kappa shape index (κ2) is 5.88. The zero-order valence-corrected chi connectivity index (χ0v) is 12.7. The molecule has 0 radical (unpaired) electrons. The number of hydrogen-bond acceptors (Lipinski definition) is 6. The number of rotatable bonds is 5. The zero-order chi connectivity index (χ0) is 15.5. The first-order chi connectivity index (χ1) is 10.7. The van der Waals surface area contributed by atoms with Crippen LogP contribution in [0.2, 0.25) is 0 Å². The summed E-state index contributed by atoms with van der Waals surface area (Å²) in [6.07, 6.45) is 5.18. The van der Waals surface area contributed by atoms with Gasteiger partial charge in [-0.15, -0.1) is 0 Å². The number of aryl methyl sites for hydroxylation is 1. The second-order valence-electron chi connectivity index (χ2n) is 4.73. The number of imidazole rings is 1. The Kier molecular flexibility index (Phi) is 3.78. The molecule has 2 aromatic heterocycles. The zero-order valence-electron chi connectivity index (χ0n) is 12.7. The third-order valence-corrected chi connectivity index (χ3v) is 3.48. The van der Waals surface area contributed by atoms with E-state index in [2.05, 4.69) is 20.3 Å². The van der Waals surface area contributed by atoms with Crippen LogP contribution in [0.5, 0.6) is 11.5 Å². The van der Waals surface area contributed by atoms with Crippen LogP contribution in [0.1, 0.15) is 5.82 Å². The molecule has 2 heterocycles. The molecule has 0 saturated heterocycles. The molecule has 0 atom stereocenters. The Morgan fingerprint density at radius 1 is 1.14 bits per heavy atom. The fourth-order valence-corrected chi connectivity index (χ4v) is 2.31. The van der Waals surface area contributed by atoms with Crippen molar-refractivity contribution in [3.8, 4) is 11.5 Å². The van der Waals surface area contributed by atoms with Gasteiger partial charge in [-0.25, -0.2) is 15.0 Å². The topological polar surface area (TPSA) is 74.1 Å². The fourth-order valence-electron chi connectivity index (χ4n) is 2.31. The second-order valence-corrected chi connectivity index (χ2v) is 4.73. The van der Waals surface area contributed by atoms with Crippen molar-refractivity contribution in [2.75, 3.05) is 19.5 Å². The summed E-state index contributed by atoms with van der Waals surface area (Å²) in [5.74, 6) is 2.90. The van der Waals surface area contributed by atoms with E-state index in [1.165, 1.54) is 6.33 Å². The minimum Gasteiger partial charge on any atom is -0.493 e. The first kappa shape index (κ1) is 14.1. The van der Waals surface area contributed by atoms with Gasteiger partial charge in [-0.1, -0.05) is 0 Å². The molecule has 0 aliphatic rings. The van der Waals surface area contributed by atoms with Crippen molar-refractivity contribution in [2.24, 2.45) is 7.05 Å². The summed E-state index contributed by atoms with van der Waals surface area (Å²) < 4.78 is 12.7. The van der Waals surface area contributed by atoms with Crippen LogP contribution in [-0.2, 0) is 13.6 Å². The normalized spacial score (nSPS) is 10.7. The molecular weight excluding hydrogens is 282 g/mol. The van der Waals surface area contributed by atoms with Gasteiger partial charge < -0.3 is 19.4 Å². The standard InChI is InChI=1S/C15H17N5O2/c1-20-7-6-16-12(20)8-17-15-10-4-5-11(21-2)14(22-3)13(10)18-9-19-15/h4-7,9H,8H2,1-3H3,(H,17,18,19). The van der Waals surface area contributed by atoms with E-state index in [1.807, 2.05) is 29.9 Å². The van der Waals surface area contributed by atoms with Crippen LogP contribution in [0.3, 0.4) is 0 Å². The quantitative estimate of drug-likeness (QED) is 0.776. The number of benzene rings is 1. The maximum atomic E-state index is 5.41. The Labute approximate surface area is 127 Å². The SMILES string of the molecule is COc1ccc2c(NCc3nccn3C)ncnc2c1OC. The Balaban J connectivity index is 1.98. The molecule has 22 heavy (non-hydrogen) atoms. The highest BCUT2D eigenvalue weighted by Crippen LogP contribution is 2.35. The minimum atomic E-state index is 0.573. The fraction of sp³-hybridized carbons (Fsp3) is 0.267. The van der Waals surface area contributed by atoms with E-state index in [0.717, 1.165) is 17.0 Å². The molecule has 0 aliphatic carbocycles. The number of hydrogen-bond donors (Lipinski definition) is 1. The first-order valence-electron chi connectivity index (χ1n) is 6.80. The Bertz CT molecular complexity index is 800. The van der Waals surface area contributed by atoms with E-state index in [4.69, 9.17) is 9.47 Å². The number of nitrogens with zero attached hydrogens (tertiary/aromatic N) is 4. The summed E-state index contributed by atoms with van der Waals surface area (Å²) in [7, 11) is 5.15. The number of fused-ring (bicyclic) bond motifs is 1. The van der Waals surface area contributed by atoms with E-state index >= 15 is 0 Å². The van der Waals surface area contributed by atoms with Gasteiger partial charge in [-0.3, -0.25) is 0 Å². The number of ether oxygens (including phenoxy) is 2. The molecule has 0 amide bonds. The summed E-state index contributed by atoms with van der Waals surface area (Å²) >= 11 is 0. The first-order valence-corrected chi connectivity index (χ1v) is 6.80. The molecule has 0 spiro atoms. The Morgan fingerprint density at radius 3 is 2.68 bits per heavy atom. The number of anilines is 1. The molecule has 7 nitrogen and oxygen atoms in total. The summed E-state index contributed by atoms with van der Waals surface area (Å²) in [5.41, 5.74) is 0.708. The van der Waals surface area contributed by atoms with Crippen molar-refractivity contribution in [1.82, 2.24) is 19.5 Å².